The van der Waals surface area contributed by atoms with Crippen LogP contribution in [0.15, 0.2) is 46.9 Å². The molecule has 1 saturated heterocycles. The average Bonchev–Trinajstić information content (AvgIpc) is 3.19. The second kappa shape index (κ2) is 7.87. The summed E-state index contributed by atoms with van der Waals surface area (Å²) < 4.78 is 0. The molecular formula is C19H27N5S. The number of thiophene rings is 1. The fourth-order valence-corrected chi connectivity index (χ4v) is 3.92. The van der Waals surface area contributed by atoms with Gasteiger partial charge in [0, 0.05) is 56.3 Å². The molecule has 3 heterocycles. The van der Waals surface area contributed by atoms with E-state index in [9.17, 15) is 0 Å². The van der Waals surface area contributed by atoms with Gasteiger partial charge >= 0.3 is 0 Å². The van der Waals surface area contributed by atoms with Crippen molar-refractivity contribution in [3.8, 4) is 0 Å². The predicted molar refractivity (Wildman–Crippen MR) is 107 cm³/mol. The van der Waals surface area contributed by atoms with Crippen molar-refractivity contribution in [2.45, 2.75) is 19.3 Å². The lowest BCUT2D eigenvalue weighted by atomic mass is 9.91. The first-order valence-corrected chi connectivity index (χ1v) is 9.64. The third-order valence-electron chi connectivity index (χ3n) is 4.64. The van der Waals surface area contributed by atoms with E-state index in [2.05, 4.69) is 62.5 Å². The van der Waals surface area contributed by atoms with Gasteiger partial charge in [0.2, 0.25) is 0 Å². The Morgan fingerprint density at radius 1 is 1.20 bits per heavy atom. The molecule has 3 rings (SSSR count). The summed E-state index contributed by atoms with van der Waals surface area (Å²) >= 11 is 1.82. The standard InChI is InChI=1S/C19H27N5S/c1-19(2,16-7-6-14-25-16)15-22-18(20-3)24-12-10-23(11-13-24)17-8-4-5-9-21-17/h4-9,14H,10-13,15H2,1-3H3,(H,20,22). The Labute approximate surface area is 154 Å². The molecule has 0 bridgehead atoms. The van der Waals surface area contributed by atoms with Crippen LogP contribution < -0.4 is 10.2 Å². The Hall–Kier alpha value is -2.08. The Balaban J connectivity index is 1.54. The van der Waals surface area contributed by atoms with Gasteiger partial charge in [0.15, 0.2) is 5.96 Å². The van der Waals surface area contributed by atoms with E-state index >= 15 is 0 Å². The SMILES string of the molecule is CN=C(NCC(C)(C)c1cccs1)N1CCN(c2ccccn2)CC1. The molecule has 1 N–H and O–H groups in total. The van der Waals surface area contributed by atoms with E-state index in [0.717, 1.165) is 44.5 Å². The molecule has 134 valence electrons. The maximum atomic E-state index is 4.49. The van der Waals surface area contributed by atoms with Crippen molar-refractivity contribution in [3.05, 3.63) is 46.8 Å². The molecule has 2 aromatic rings. The van der Waals surface area contributed by atoms with E-state index in [1.165, 1.54) is 4.88 Å². The van der Waals surface area contributed by atoms with Gasteiger partial charge in [0.1, 0.15) is 5.82 Å². The van der Waals surface area contributed by atoms with E-state index in [0.29, 0.717) is 0 Å². The first-order chi connectivity index (χ1) is 12.1. The van der Waals surface area contributed by atoms with Crippen LogP contribution >= 0.6 is 11.3 Å². The molecular weight excluding hydrogens is 330 g/mol. The minimum atomic E-state index is 0.0971. The number of hydrogen-bond acceptors (Lipinski definition) is 4. The summed E-state index contributed by atoms with van der Waals surface area (Å²) in [6.45, 7) is 9.26. The number of rotatable bonds is 4. The van der Waals surface area contributed by atoms with Crippen LogP contribution in [0.25, 0.3) is 0 Å². The smallest absolute Gasteiger partial charge is 0.193 e. The summed E-state index contributed by atoms with van der Waals surface area (Å²) in [5.74, 6) is 2.05. The highest BCUT2D eigenvalue weighted by Gasteiger charge is 2.25. The van der Waals surface area contributed by atoms with E-state index in [1.54, 1.807) is 0 Å². The number of nitrogens with one attached hydrogen (secondary N) is 1. The molecule has 0 saturated carbocycles. The van der Waals surface area contributed by atoms with E-state index in [1.807, 2.05) is 36.7 Å². The summed E-state index contributed by atoms with van der Waals surface area (Å²) in [5.41, 5.74) is 0.0971. The number of anilines is 1. The zero-order valence-electron chi connectivity index (χ0n) is 15.3. The maximum Gasteiger partial charge on any atom is 0.193 e. The Kier molecular flexibility index (Phi) is 5.58. The summed E-state index contributed by atoms with van der Waals surface area (Å²) in [5, 5.41) is 5.71. The van der Waals surface area contributed by atoms with Crippen molar-refractivity contribution in [2.24, 2.45) is 4.99 Å². The molecule has 6 heteroatoms. The zero-order valence-corrected chi connectivity index (χ0v) is 16.1. The van der Waals surface area contributed by atoms with Crippen LogP contribution in [-0.4, -0.2) is 55.6 Å². The molecule has 0 atom stereocenters. The molecule has 1 fully saturated rings. The zero-order chi connectivity index (χ0) is 17.7. The lowest BCUT2D eigenvalue weighted by molar-refractivity contribution is 0.366. The minimum absolute atomic E-state index is 0.0971. The lowest BCUT2D eigenvalue weighted by Gasteiger charge is -2.37. The first kappa shape index (κ1) is 17.7. The topological polar surface area (TPSA) is 43.8 Å². The van der Waals surface area contributed by atoms with Crippen molar-refractivity contribution < 1.29 is 0 Å². The highest BCUT2D eigenvalue weighted by molar-refractivity contribution is 7.10. The van der Waals surface area contributed by atoms with Crippen molar-refractivity contribution >= 4 is 23.1 Å². The third-order valence-corrected chi connectivity index (χ3v) is 5.88. The second-order valence-electron chi connectivity index (χ2n) is 6.92. The first-order valence-electron chi connectivity index (χ1n) is 8.76. The summed E-state index contributed by atoms with van der Waals surface area (Å²) in [4.78, 5) is 15.0. The largest absolute Gasteiger partial charge is 0.355 e. The maximum absolute atomic E-state index is 4.49. The molecule has 0 aromatic carbocycles. The lowest BCUT2D eigenvalue weighted by Crippen LogP contribution is -2.54. The Bertz CT molecular complexity index is 673. The van der Waals surface area contributed by atoms with Crippen LogP contribution in [0.2, 0.25) is 0 Å². The molecule has 1 aliphatic rings. The number of guanidine groups is 1. The van der Waals surface area contributed by atoms with Gasteiger partial charge in [-0.15, -0.1) is 11.3 Å². The molecule has 0 unspecified atom stereocenters. The van der Waals surface area contributed by atoms with Gasteiger partial charge in [0.05, 0.1) is 0 Å². The van der Waals surface area contributed by atoms with Crippen LogP contribution in [-0.2, 0) is 5.41 Å². The summed E-state index contributed by atoms with van der Waals surface area (Å²) in [6, 6.07) is 10.4. The monoisotopic (exact) mass is 357 g/mol. The molecule has 1 aliphatic heterocycles. The molecule has 5 nitrogen and oxygen atoms in total. The number of nitrogens with zero attached hydrogens (tertiary/aromatic N) is 4. The second-order valence-corrected chi connectivity index (χ2v) is 7.87. The van der Waals surface area contributed by atoms with Crippen LogP contribution in [0, 0.1) is 0 Å². The normalized spacial score (nSPS) is 16.2. The fraction of sp³-hybridized carbons (Fsp3) is 0.474. The van der Waals surface area contributed by atoms with Gasteiger partial charge in [-0.1, -0.05) is 26.0 Å². The highest BCUT2D eigenvalue weighted by atomic mass is 32.1. The highest BCUT2D eigenvalue weighted by Crippen LogP contribution is 2.26. The van der Waals surface area contributed by atoms with Crippen molar-refractivity contribution in [1.82, 2.24) is 15.2 Å². The van der Waals surface area contributed by atoms with Gasteiger partial charge in [-0.2, -0.15) is 0 Å². The Morgan fingerprint density at radius 3 is 2.60 bits per heavy atom. The van der Waals surface area contributed by atoms with Crippen molar-refractivity contribution in [3.63, 3.8) is 0 Å². The van der Waals surface area contributed by atoms with Crippen molar-refractivity contribution in [1.29, 1.82) is 0 Å². The average molecular weight is 358 g/mol. The molecule has 0 radical (unpaired) electrons. The summed E-state index contributed by atoms with van der Waals surface area (Å²) in [7, 11) is 1.87. The molecule has 25 heavy (non-hydrogen) atoms. The van der Waals surface area contributed by atoms with Crippen molar-refractivity contribution in [2.75, 3.05) is 44.7 Å². The predicted octanol–water partition coefficient (Wildman–Crippen LogP) is 2.82. The number of aromatic nitrogens is 1. The number of piperazine rings is 1. The van der Waals surface area contributed by atoms with Crippen LogP contribution in [0.4, 0.5) is 5.82 Å². The minimum Gasteiger partial charge on any atom is -0.355 e. The van der Waals surface area contributed by atoms with E-state index in [4.69, 9.17) is 0 Å². The fourth-order valence-electron chi connectivity index (χ4n) is 3.07. The number of pyridine rings is 1. The Morgan fingerprint density at radius 2 is 2.00 bits per heavy atom. The van der Waals surface area contributed by atoms with Gasteiger partial charge in [-0.25, -0.2) is 4.98 Å². The molecule has 2 aromatic heterocycles. The van der Waals surface area contributed by atoms with Gasteiger partial charge in [-0.3, -0.25) is 4.99 Å². The summed E-state index contributed by atoms with van der Waals surface area (Å²) in [6.07, 6.45) is 1.86. The van der Waals surface area contributed by atoms with Crippen LogP contribution in [0.3, 0.4) is 0 Å². The molecule has 0 spiro atoms. The van der Waals surface area contributed by atoms with Gasteiger partial charge in [0.25, 0.3) is 0 Å². The number of aliphatic imine (C=N–C) groups is 1. The van der Waals surface area contributed by atoms with Crippen LogP contribution in [0.5, 0.6) is 0 Å². The van der Waals surface area contributed by atoms with Gasteiger partial charge in [-0.05, 0) is 23.6 Å². The molecule has 0 aliphatic carbocycles. The number of hydrogen-bond donors (Lipinski definition) is 1. The van der Waals surface area contributed by atoms with Gasteiger partial charge < -0.3 is 15.1 Å². The molecule has 0 amide bonds. The van der Waals surface area contributed by atoms with E-state index in [-0.39, 0.29) is 5.41 Å². The third kappa shape index (κ3) is 4.31. The quantitative estimate of drug-likeness (QED) is 0.675. The van der Waals surface area contributed by atoms with Crippen LogP contribution in [0.1, 0.15) is 18.7 Å². The van der Waals surface area contributed by atoms with E-state index < -0.39 is 0 Å².